The Bertz CT molecular complexity index is 712. The summed E-state index contributed by atoms with van der Waals surface area (Å²) in [4.78, 5) is 21.2. The summed E-state index contributed by atoms with van der Waals surface area (Å²) < 4.78 is 0. The predicted octanol–water partition coefficient (Wildman–Crippen LogP) is 3.12. The van der Waals surface area contributed by atoms with Crippen LogP contribution in [0.4, 0.5) is 5.69 Å². The molecule has 132 valence electrons. The van der Waals surface area contributed by atoms with Crippen molar-refractivity contribution >= 4 is 23.2 Å². The fourth-order valence-corrected chi connectivity index (χ4v) is 3.02. The van der Waals surface area contributed by atoms with Crippen molar-refractivity contribution in [2.24, 2.45) is 0 Å². The molecule has 1 fully saturated rings. The van der Waals surface area contributed by atoms with Gasteiger partial charge in [0.1, 0.15) is 5.69 Å². The van der Waals surface area contributed by atoms with Crippen molar-refractivity contribution in [2.75, 3.05) is 38.0 Å². The molecule has 1 aromatic heterocycles. The van der Waals surface area contributed by atoms with Gasteiger partial charge in [0, 0.05) is 49.6 Å². The number of hydrogen-bond donors (Lipinski definition) is 1. The Morgan fingerprint density at radius 2 is 1.88 bits per heavy atom. The number of rotatable bonds is 5. The van der Waals surface area contributed by atoms with E-state index in [4.69, 9.17) is 11.6 Å². The topological polar surface area (TPSA) is 48.5 Å². The summed E-state index contributed by atoms with van der Waals surface area (Å²) in [5, 5.41) is 4.06. The lowest BCUT2D eigenvalue weighted by Gasteiger charge is -2.33. The molecule has 1 N–H and O–H groups in total. The average molecular weight is 359 g/mol. The van der Waals surface area contributed by atoms with Crippen molar-refractivity contribution < 1.29 is 4.79 Å². The molecular formula is C19H23ClN4O. The first kappa shape index (κ1) is 17.7. The molecule has 0 saturated carbocycles. The smallest absolute Gasteiger partial charge is 0.272 e. The van der Waals surface area contributed by atoms with Crippen LogP contribution >= 0.6 is 11.6 Å². The lowest BCUT2D eigenvalue weighted by Crippen LogP contribution is -2.48. The van der Waals surface area contributed by atoms with E-state index in [1.807, 2.05) is 41.3 Å². The van der Waals surface area contributed by atoms with Gasteiger partial charge in [-0.1, -0.05) is 30.7 Å². The molecule has 0 aliphatic carbocycles. The molecule has 0 atom stereocenters. The first-order chi connectivity index (χ1) is 12.2. The van der Waals surface area contributed by atoms with Crippen LogP contribution in [0.3, 0.4) is 0 Å². The number of nitrogens with zero attached hydrogens (tertiary/aromatic N) is 3. The molecule has 0 spiro atoms. The second-order valence-corrected chi connectivity index (χ2v) is 6.57. The number of pyridine rings is 1. The number of hydrogen-bond acceptors (Lipinski definition) is 4. The zero-order valence-corrected chi connectivity index (χ0v) is 15.2. The molecule has 5 nitrogen and oxygen atoms in total. The molecule has 1 saturated heterocycles. The maximum Gasteiger partial charge on any atom is 0.272 e. The molecule has 0 radical (unpaired) electrons. The fourth-order valence-electron chi connectivity index (χ4n) is 2.89. The number of aromatic nitrogens is 1. The van der Waals surface area contributed by atoms with Crippen LogP contribution in [0.15, 0.2) is 42.6 Å². The van der Waals surface area contributed by atoms with Crippen LogP contribution in [-0.4, -0.2) is 53.4 Å². The Kier molecular flexibility index (Phi) is 5.89. The number of anilines is 1. The van der Waals surface area contributed by atoms with Crippen molar-refractivity contribution in [3.8, 4) is 0 Å². The first-order valence-corrected chi connectivity index (χ1v) is 8.99. The summed E-state index contributed by atoms with van der Waals surface area (Å²) in [5.74, 6) is 0.00546. The minimum atomic E-state index is 0.00546. The highest BCUT2D eigenvalue weighted by atomic mass is 35.5. The number of carbonyl (C=O) groups excluding carboxylic acids is 1. The van der Waals surface area contributed by atoms with Gasteiger partial charge in [-0.25, -0.2) is 0 Å². The maximum absolute atomic E-state index is 12.7. The number of benzene rings is 1. The number of piperazine rings is 1. The molecule has 1 amide bonds. The van der Waals surface area contributed by atoms with E-state index in [0.29, 0.717) is 12.2 Å². The third-order valence-electron chi connectivity index (χ3n) is 4.50. The lowest BCUT2D eigenvalue weighted by atomic mass is 10.2. The number of carbonyl (C=O) groups is 1. The van der Waals surface area contributed by atoms with E-state index in [0.717, 1.165) is 49.0 Å². The number of amides is 1. The van der Waals surface area contributed by atoms with Gasteiger partial charge in [0.25, 0.3) is 5.91 Å². The van der Waals surface area contributed by atoms with Gasteiger partial charge >= 0.3 is 0 Å². The van der Waals surface area contributed by atoms with E-state index < -0.39 is 0 Å². The van der Waals surface area contributed by atoms with Gasteiger partial charge in [0.2, 0.25) is 0 Å². The summed E-state index contributed by atoms with van der Waals surface area (Å²) >= 11 is 5.90. The molecule has 0 unspecified atom stereocenters. The molecule has 1 aromatic carbocycles. The molecule has 2 aromatic rings. The van der Waals surface area contributed by atoms with E-state index in [2.05, 4.69) is 22.1 Å². The highest BCUT2D eigenvalue weighted by Gasteiger charge is 2.22. The third kappa shape index (κ3) is 4.71. The normalized spacial score (nSPS) is 15.2. The standard InChI is InChI=1S/C19H23ClN4O/c1-2-23-9-11-24(12-10-23)19(25)18-13-17(7-8-21-18)22-14-15-3-5-16(20)6-4-15/h3-8,13H,2,9-12,14H2,1H3,(H,21,22). The van der Waals surface area contributed by atoms with E-state index in [9.17, 15) is 4.79 Å². The van der Waals surface area contributed by atoms with Gasteiger partial charge < -0.3 is 15.1 Å². The van der Waals surface area contributed by atoms with Crippen molar-refractivity contribution in [1.29, 1.82) is 0 Å². The summed E-state index contributed by atoms with van der Waals surface area (Å²) in [5.41, 5.74) is 2.51. The second kappa shape index (κ2) is 8.32. The molecule has 1 aliphatic rings. The van der Waals surface area contributed by atoms with Gasteiger partial charge in [0.05, 0.1) is 0 Å². The predicted molar refractivity (Wildman–Crippen MR) is 101 cm³/mol. The van der Waals surface area contributed by atoms with Crippen LogP contribution in [-0.2, 0) is 6.54 Å². The average Bonchev–Trinajstić information content (AvgIpc) is 2.67. The van der Waals surface area contributed by atoms with Crippen molar-refractivity contribution in [3.05, 3.63) is 58.9 Å². The highest BCUT2D eigenvalue weighted by Crippen LogP contribution is 2.14. The van der Waals surface area contributed by atoms with E-state index in [1.165, 1.54) is 0 Å². The third-order valence-corrected chi connectivity index (χ3v) is 4.75. The highest BCUT2D eigenvalue weighted by molar-refractivity contribution is 6.30. The number of halogens is 1. The fraction of sp³-hybridized carbons (Fsp3) is 0.368. The van der Waals surface area contributed by atoms with Crippen molar-refractivity contribution in [3.63, 3.8) is 0 Å². The molecular weight excluding hydrogens is 336 g/mol. The Hall–Kier alpha value is -2.11. The molecule has 3 rings (SSSR count). The maximum atomic E-state index is 12.7. The van der Waals surface area contributed by atoms with Crippen LogP contribution < -0.4 is 5.32 Å². The van der Waals surface area contributed by atoms with Crippen LogP contribution in [0.2, 0.25) is 5.02 Å². The zero-order valence-electron chi connectivity index (χ0n) is 14.4. The summed E-state index contributed by atoms with van der Waals surface area (Å²) in [7, 11) is 0. The Morgan fingerprint density at radius 1 is 1.16 bits per heavy atom. The van der Waals surface area contributed by atoms with Crippen LogP contribution in [0.25, 0.3) is 0 Å². The summed E-state index contributed by atoms with van der Waals surface area (Å²) in [6.07, 6.45) is 1.68. The van der Waals surface area contributed by atoms with Gasteiger partial charge in [-0.2, -0.15) is 0 Å². The minimum absolute atomic E-state index is 0.00546. The van der Waals surface area contributed by atoms with Crippen LogP contribution in [0.1, 0.15) is 23.0 Å². The Morgan fingerprint density at radius 3 is 2.56 bits per heavy atom. The SMILES string of the molecule is CCN1CCN(C(=O)c2cc(NCc3ccc(Cl)cc3)ccn2)CC1. The zero-order chi connectivity index (χ0) is 17.6. The molecule has 25 heavy (non-hydrogen) atoms. The minimum Gasteiger partial charge on any atom is -0.381 e. The van der Waals surface area contributed by atoms with E-state index in [-0.39, 0.29) is 5.91 Å². The first-order valence-electron chi connectivity index (χ1n) is 8.61. The molecule has 2 heterocycles. The van der Waals surface area contributed by atoms with Crippen molar-refractivity contribution in [1.82, 2.24) is 14.8 Å². The van der Waals surface area contributed by atoms with E-state index >= 15 is 0 Å². The Balaban J connectivity index is 1.61. The molecule has 0 bridgehead atoms. The van der Waals surface area contributed by atoms with Crippen LogP contribution in [0.5, 0.6) is 0 Å². The van der Waals surface area contributed by atoms with Gasteiger partial charge in [-0.15, -0.1) is 0 Å². The largest absolute Gasteiger partial charge is 0.381 e. The van der Waals surface area contributed by atoms with Crippen molar-refractivity contribution in [2.45, 2.75) is 13.5 Å². The second-order valence-electron chi connectivity index (χ2n) is 6.14. The monoisotopic (exact) mass is 358 g/mol. The number of likely N-dealkylation sites (N-methyl/N-ethyl adjacent to an activating group) is 1. The van der Waals surface area contributed by atoms with Gasteiger partial charge in [-0.05, 0) is 36.4 Å². The molecule has 6 heteroatoms. The lowest BCUT2D eigenvalue weighted by molar-refractivity contribution is 0.0637. The Labute approximate surface area is 153 Å². The van der Waals surface area contributed by atoms with E-state index in [1.54, 1.807) is 6.20 Å². The van der Waals surface area contributed by atoms with Gasteiger partial charge in [0.15, 0.2) is 0 Å². The summed E-state index contributed by atoms with van der Waals surface area (Å²) in [6, 6.07) is 11.4. The number of nitrogens with one attached hydrogen (secondary N) is 1. The quantitative estimate of drug-likeness (QED) is 0.892. The van der Waals surface area contributed by atoms with Crippen LogP contribution in [0, 0.1) is 0 Å². The molecule has 1 aliphatic heterocycles. The van der Waals surface area contributed by atoms with Gasteiger partial charge in [-0.3, -0.25) is 9.78 Å². The summed E-state index contributed by atoms with van der Waals surface area (Å²) in [6.45, 7) is 7.23.